The molecular formula is C56H96O6. The number of allylic oxidation sites excluding steroid dienone is 12. The Morgan fingerprint density at radius 2 is 0.645 bits per heavy atom. The summed E-state index contributed by atoms with van der Waals surface area (Å²) in [4.78, 5) is 37.9. The van der Waals surface area contributed by atoms with Gasteiger partial charge in [-0.15, -0.1) is 0 Å². The highest BCUT2D eigenvalue weighted by atomic mass is 16.6. The molecule has 0 saturated heterocycles. The summed E-state index contributed by atoms with van der Waals surface area (Å²) in [7, 11) is 0. The number of rotatable bonds is 46. The lowest BCUT2D eigenvalue weighted by Crippen LogP contribution is -2.30. The lowest BCUT2D eigenvalue weighted by Gasteiger charge is -2.18. The van der Waals surface area contributed by atoms with Gasteiger partial charge in [0.05, 0.1) is 0 Å². The molecule has 0 heterocycles. The Bertz CT molecular complexity index is 1180. The van der Waals surface area contributed by atoms with Crippen molar-refractivity contribution in [3.8, 4) is 0 Å². The van der Waals surface area contributed by atoms with Crippen LogP contribution in [-0.2, 0) is 28.6 Å². The Morgan fingerprint density at radius 3 is 1.06 bits per heavy atom. The van der Waals surface area contributed by atoms with E-state index in [4.69, 9.17) is 14.2 Å². The average molecular weight is 865 g/mol. The van der Waals surface area contributed by atoms with Crippen LogP contribution in [0.15, 0.2) is 72.9 Å². The minimum atomic E-state index is -0.800. The largest absolute Gasteiger partial charge is 0.462 e. The van der Waals surface area contributed by atoms with Crippen LogP contribution in [0.4, 0.5) is 0 Å². The molecule has 1 atom stereocenters. The van der Waals surface area contributed by atoms with E-state index in [-0.39, 0.29) is 37.5 Å². The molecular weight excluding hydrogens is 769 g/mol. The first kappa shape index (κ1) is 58.9. The second-order valence-electron chi connectivity index (χ2n) is 17.1. The monoisotopic (exact) mass is 865 g/mol. The normalized spacial score (nSPS) is 12.6. The average Bonchev–Trinajstić information content (AvgIpc) is 3.27. The van der Waals surface area contributed by atoms with Crippen LogP contribution in [0.25, 0.3) is 0 Å². The maximum Gasteiger partial charge on any atom is 0.306 e. The van der Waals surface area contributed by atoms with E-state index in [0.717, 1.165) is 89.9 Å². The van der Waals surface area contributed by atoms with Crippen molar-refractivity contribution in [3.63, 3.8) is 0 Å². The molecule has 0 fully saturated rings. The Balaban J connectivity index is 4.47. The fourth-order valence-corrected chi connectivity index (χ4v) is 7.06. The van der Waals surface area contributed by atoms with Crippen molar-refractivity contribution in [1.29, 1.82) is 0 Å². The molecule has 0 aromatic heterocycles. The SMILES string of the molecule is CC/C=C\C/C=C\C/C=C\C/C=C\C/C=C\CCCC(=O)OC[C@H](COC(=O)CCCCCCCCCCCCCC)OC(=O)CCCCCCC/C=C\CCCCCCCC. The lowest BCUT2D eigenvalue weighted by atomic mass is 10.0. The van der Waals surface area contributed by atoms with Crippen molar-refractivity contribution in [2.45, 2.75) is 252 Å². The van der Waals surface area contributed by atoms with Crippen LogP contribution in [0.3, 0.4) is 0 Å². The molecule has 0 spiro atoms. The highest BCUT2D eigenvalue weighted by Gasteiger charge is 2.19. The molecule has 0 rings (SSSR count). The van der Waals surface area contributed by atoms with Crippen molar-refractivity contribution in [2.24, 2.45) is 0 Å². The maximum absolute atomic E-state index is 12.8. The molecule has 0 amide bonds. The summed E-state index contributed by atoms with van der Waals surface area (Å²) in [5, 5.41) is 0. The van der Waals surface area contributed by atoms with Crippen LogP contribution in [0.1, 0.15) is 245 Å². The predicted octanol–water partition coefficient (Wildman–Crippen LogP) is 17.0. The molecule has 6 nitrogen and oxygen atoms in total. The number of carbonyl (C=O) groups is 3. The van der Waals surface area contributed by atoms with Crippen LogP contribution in [0.2, 0.25) is 0 Å². The zero-order chi connectivity index (χ0) is 45.1. The van der Waals surface area contributed by atoms with Gasteiger partial charge in [0, 0.05) is 19.3 Å². The summed E-state index contributed by atoms with van der Waals surface area (Å²) in [6.07, 6.45) is 63.2. The summed E-state index contributed by atoms with van der Waals surface area (Å²) in [6.45, 7) is 6.46. The quantitative estimate of drug-likeness (QED) is 0.0262. The minimum Gasteiger partial charge on any atom is -0.462 e. The van der Waals surface area contributed by atoms with Gasteiger partial charge in [-0.05, 0) is 83.5 Å². The number of carbonyl (C=O) groups excluding carboxylic acids is 3. The van der Waals surface area contributed by atoms with E-state index in [1.807, 2.05) is 0 Å². The highest BCUT2D eigenvalue weighted by molar-refractivity contribution is 5.71. The van der Waals surface area contributed by atoms with Crippen molar-refractivity contribution in [1.82, 2.24) is 0 Å². The number of ether oxygens (including phenoxy) is 3. The van der Waals surface area contributed by atoms with Gasteiger partial charge in [-0.3, -0.25) is 14.4 Å². The zero-order valence-electron chi connectivity index (χ0n) is 40.6. The first-order chi connectivity index (χ1) is 30.5. The summed E-state index contributed by atoms with van der Waals surface area (Å²) in [5.74, 6) is -0.962. The van der Waals surface area contributed by atoms with Gasteiger partial charge in [-0.1, -0.05) is 216 Å². The van der Waals surface area contributed by atoms with Crippen LogP contribution >= 0.6 is 0 Å². The highest BCUT2D eigenvalue weighted by Crippen LogP contribution is 2.14. The molecule has 0 aliphatic carbocycles. The second-order valence-corrected chi connectivity index (χ2v) is 17.1. The van der Waals surface area contributed by atoms with E-state index in [0.29, 0.717) is 19.3 Å². The molecule has 6 heteroatoms. The fourth-order valence-electron chi connectivity index (χ4n) is 7.06. The van der Waals surface area contributed by atoms with E-state index >= 15 is 0 Å². The summed E-state index contributed by atoms with van der Waals surface area (Å²) >= 11 is 0. The Morgan fingerprint density at radius 1 is 0.339 bits per heavy atom. The van der Waals surface area contributed by atoms with Gasteiger partial charge in [-0.2, -0.15) is 0 Å². The van der Waals surface area contributed by atoms with Crippen molar-refractivity contribution >= 4 is 17.9 Å². The molecule has 0 saturated carbocycles. The van der Waals surface area contributed by atoms with E-state index in [2.05, 4.69) is 93.7 Å². The third-order valence-electron chi connectivity index (χ3n) is 10.9. The third-order valence-corrected chi connectivity index (χ3v) is 10.9. The van der Waals surface area contributed by atoms with Gasteiger partial charge in [-0.25, -0.2) is 0 Å². The van der Waals surface area contributed by atoms with Gasteiger partial charge in [0.25, 0.3) is 0 Å². The maximum atomic E-state index is 12.8. The first-order valence-corrected chi connectivity index (χ1v) is 25.9. The first-order valence-electron chi connectivity index (χ1n) is 25.9. The molecule has 0 N–H and O–H groups in total. The number of unbranched alkanes of at least 4 members (excludes halogenated alkanes) is 23. The molecule has 0 aromatic rings. The van der Waals surface area contributed by atoms with E-state index < -0.39 is 6.10 Å². The van der Waals surface area contributed by atoms with Gasteiger partial charge < -0.3 is 14.2 Å². The van der Waals surface area contributed by atoms with Gasteiger partial charge in [0.2, 0.25) is 0 Å². The van der Waals surface area contributed by atoms with E-state index in [1.165, 1.54) is 109 Å². The molecule has 0 aromatic carbocycles. The predicted molar refractivity (Wildman–Crippen MR) is 265 cm³/mol. The molecule has 62 heavy (non-hydrogen) atoms. The summed E-state index contributed by atoms with van der Waals surface area (Å²) in [5.41, 5.74) is 0. The second kappa shape index (κ2) is 50.5. The van der Waals surface area contributed by atoms with Crippen LogP contribution < -0.4 is 0 Å². The minimum absolute atomic E-state index is 0.0947. The molecule has 356 valence electrons. The van der Waals surface area contributed by atoms with Gasteiger partial charge in [0.1, 0.15) is 13.2 Å². The standard InChI is InChI=1S/C56H96O6/c1-4-7-10-13-16-19-22-25-27-28-30-31-34-37-40-43-46-49-55(58)61-52-53(51-60-54(57)48-45-42-39-36-33-24-21-18-15-12-9-6-3)62-56(59)50-47-44-41-38-35-32-29-26-23-20-17-14-11-8-5-2/h7,10,16,19,25-27,29-31,37,40,53H,4-6,8-9,11-15,17-18,20-24,28,32-36,38-39,41-52H2,1-3H3/b10-7-,19-16-,27-25-,29-26-,31-30-,40-37-/t53-/m0/s1. The van der Waals surface area contributed by atoms with Crippen LogP contribution in [0.5, 0.6) is 0 Å². The lowest BCUT2D eigenvalue weighted by molar-refractivity contribution is -0.167. The fraction of sp³-hybridized carbons (Fsp3) is 0.732. The smallest absolute Gasteiger partial charge is 0.306 e. The number of hydrogen-bond acceptors (Lipinski definition) is 6. The molecule has 0 bridgehead atoms. The molecule has 0 unspecified atom stereocenters. The molecule has 0 aliphatic rings. The Hall–Kier alpha value is -3.15. The number of esters is 3. The van der Waals surface area contributed by atoms with Crippen LogP contribution in [-0.4, -0.2) is 37.2 Å². The molecule has 0 aliphatic heterocycles. The third kappa shape index (κ3) is 47.9. The topological polar surface area (TPSA) is 78.9 Å². The summed E-state index contributed by atoms with van der Waals surface area (Å²) in [6, 6.07) is 0. The summed E-state index contributed by atoms with van der Waals surface area (Å²) < 4.78 is 16.7. The van der Waals surface area contributed by atoms with Crippen molar-refractivity contribution < 1.29 is 28.6 Å². The zero-order valence-corrected chi connectivity index (χ0v) is 40.6. The Kier molecular flexibility index (Phi) is 47.9. The van der Waals surface area contributed by atoms with E-state index in [1.54, 1.807) is 0 Å². The van der Waals surface area contributed by atoms with Crippen molar-refractivity contribution in [3.05, 3.63) is 72.9 Å². The van der Waals surface area contributed by atoms with E-state index in [9.17, 15) is 14.4 Å². The van der Waals surface area contributed by atoms with Crippen molar-refractivity contribution in [2.75, 3.05) is 13.2 Å². The molecule has 0 radical (unpaired) electrons. The van der Waals surface area contributed by atoms with Crippen LogP contribution in [0, 0.1) is 0 Å². The Labute approximate surface area is 382 Å². The number of hydrogen-bond donors (Lipinski definition) is 0. The van der Waals surface area contributed by atoms with Gasteiger partial charge >= 0.3 is 17.9 Å². The van der Waals surface area contributed by atoms with Gasteiger partial charge in [0.15, 0.2) is 6.10 Å².